The Balaban J connectivity index is 2.04. The van der Waals surface area contributed by atoms with Crippen LogP contribution < -0.4 is 15.4 Å². The third kappa shape index (κ3) is 4.16. The third-order valence-corrected chi connectivity index (χ3v) is 2.63. The maximum absolute atomic E-state index is 5.62. The van der Waals surface area contributed by atoms with E-state index in [-0.39, 0.29) is 6.10 Å². The van der Waals surface area contributed by atoms with E-state index >= 15 is 0 Å². The van der Waals surface area contributed by atoms with Crippen LogP contribution in [0.5, 0.6) is 5.75 Å². The largest absolute Gasteiger partial charge is 0.491 e. The van der Waals surface area contributed by atoms with E-state index in [0.29, 0.717) is 0 Å². The molecule has 0 saturated carbocycles. The molecule has 0 aliphatic rings. The SMILES string of the molecule is CCNc1cncc(Nc2ccc(OC(C)C)cc2)c1. The fraction of sp³-hybridized carbons (Fsp3) is 0.312. The summed E-state index contributed by atoms with van der Waals surface area (Å²) in [5.41, 5.74) is 2.98. The minimum atomic E-state index is 0.190. The maximum atomic E-state index is 5.62. The fourth-order valence-corrected chi connectivity index (χ4v) is 1.86. The number of hydrogen-bond donors (Lipinski definition) is 2. The summed E-state index contributed by atoms with van der Waals surface area (Å²) in [6, 6.07) is 9.96. The molecule has 0 saturated heterocycles. The van der Waals surface area contributed by atoms with Crippen LogP contribution in [0.15, 0.2) is 42.7 Å². The Kier molecular flexibility index (Phi) is 4.82. The summed E-state index contributed by atoms with van der Waals surface area (Å²) in [4.78, 5) is 4.21. The average molecular weight is 271 g/mol. The first-order valence-corrected chi connectivity index (χ1v) is 6.90. The number of anilines is 3. The minimum absolute atomic E-state index is 0.190. The molecule has 1 heterocycles. The van der Waals surface area contributed by atoms with Gasteiger partial charge in [-0.3, -0.25) is 4.98 Å². The lowest BCUT2D eigenvalue weighted by molar-refractivity contribution is 0.242. The maximum Gasteiger partial charge on any atom is 0.119 e. The quantitative estimate of drug-likeness (QED) is 0.832. The standard InChI is InChI=1S/C16H21N3O/c1-4-18-14-9-15(11-17-10-14)19-13-5-7-16(8-6-13)20-12(2)3/h5-12,18-19H,4H2,1-3H3. The average Bonchev–Trinajstić information content (AvgIpc) is 2.41. The van der Waals surface area contributed by atoms with Crippen LogP contribution in [-0.2, 0) is 0 Å². The highest BCUT2D eigenvalue weighted by Crippen LogP contribution is 2.21. The molecule has 0 unspecified atom stereocenters. The molecule has 4 heteroatoms. The Morgan fingerprint density at radius 2 is 1.75 bits per heavy atom. The number of rotatable bonds is 6. The molecule has 4 nitrogen and oxygen atoms in total. The van der Waals surface area contributed by atoms with Crippen molar-refractivity contribution in [1.82, 2.24) is 4.98 Å². The normalized spacial score (nSPS) is 10.4. The Morgan fingerprint density at radius 1 is 1.05 bits per heavy atom. The van der Waals surface area contributed by atoms with Gasteiger partial charge in [0, 0.05) is 12.2 Å². The van der Waals surface area contributed by atoms with Crippen molar-refractivity contribution in [3.05, 3.63) is 42.7 Å². The first-order chi connectivity index (χ1) is 9.67. The lowest BCUT2D eigenvalue weighted by Crippen LogP contribution is -2.05. The topological polar surface area (TPSA) is 46.2 Å². The third-order valence-electron chi connectivity index (χ3n) is 2.63. The summed E-state index contributed by atoms with van der Waals surface area (Å²) < 4.78 is 5.62. The van der Waals surface area contributed by atoms with Gasteiger partial charge in [-0.1, -0.05) is 0 Å². The zero-order valence-electron chi connectivity index (χ0n) is 12.2. The summed E-state index contributed by atoms with van der Waals surface area (Å²) in [5.74, 6) is 0.880. The first-order valence-electron chi connectivity index (χ1n) is 6.90. The van der Waals surface area contributed by atoms with Crippen LogP contribution in [-0.4, -0.2) is 17.6 Å². The number of nitrogens with one attached hydrogen (secondary N) is 2. The Hall–Kier alpha value is -2.23. The number of nitrogens with zero attached hydrogens (tertiary/aromatic N) is 1. The van der Waals surface area contributed by atoms with Crippen LogP contribution in [0.1, 0.15) is 20.8 Å². The minimum Gasteiger partial charge on any atom is -0.491 e. The molecule has 0 atom stereocenters. The highest BCUT2D eigenvalue weighted by Gasteiger charge is 2.00. The molecular weight excluding hydrogens is 250 g/mol. The number of pyridine rings is 1. The Morgan fingerprint density at radius 3 is 2.40 bits per heavy atom. The van der Waals surface area contributed by atoms with Gasteiger partial charge in [0.2, 0.25) is 0 Å². The van der Waals surface area contributed by atoms with Gasteiger partial charge in [-0.15, -0.1) is 0 Å². The lowest BCUT2D eigenvalue weighted by atomic mass is 10.2. The molecule has 0 radical (unpaired) electrons. The van der Waals surface area contributed by atoms with Gasteiger partial charge in [0.15, 0.2) is 0 Å². The number of aromatic nitrogens is 1. The van der Waals surface area contributed by atoms with Crippen molar-refractivity contribution in [2.24, 2.45) is 0 Å². The van der Waals surface area contributed by atoms with Crippen molar-refractivity contribution in [1.29, 1.82) is 0 Å². The van der Waals surface area contributed by atoms with Crippen molar-refractivity contribution in [3.8, 4) is 5.75 Å². The molecule has 106 valence electrons. The second-order valence-electron chi connectivity index (χ2n) is 4.81. The zero-order chi connectivity index (χ0) is 14.4. The zero-order valence-corrected chi connectivity index (χ0v) is 12.2. The predicted octanol–water partition coefficient (Wildman–Crippen LogP) is 4.04. The van der Waals surface area contributed by atoms with Gasteiger partial charge < -0.3 is 15.4 Å². The van der Waals surface area contributed by atoms with Gasteiger partial charge in [-0.2, -0.15) is 0 Å². The van der Waals surface area contributed by atoms with E-state index in [1.54, 1.807) is 6.20 Å². The monoisotopic (exact) mass is 271 g/mol. The summed E-state index contributed by atoms with van der Waals surface area (Å²) in [5, 5.41) is 6.57. The van der Waals surface area contributed by atoms with Crippen LogP contribution in [0, 0.1) is 0 Å². The molecule has 2 N–H and O–H groups in total. The van der Waals surface area contributed by atoms with E-state index < -0.39 is 0 Å². The van der Waals surface area contributed by atoms with Crippen LogP contribution >= 0.6 is 0 Å². The summed E-state index contributed by atoms with van der Waals surface area (Å²) in [6.07, 6.45) is 3.81. The van der Waals surface area contributed by atoms with Crippen molar-refractivity contribution >= 4 is 17.1 Å². The van der Waals surface area contributed by atoms with Gasteiger partial charge in [0.05, 0.1) is 29.9 Å². The van der Waals surface area contributed by atoms with Gasteiger partial charge in [-0.25, -0.2) is 0 Å². The summed E-state index contributed by atoms with van der Waals surface area (Å²) >= 11 is 0. The van der Waals surface area contributed by atoms with Gasteiger partial charge in [0.1, 0.15) is 5.75 Å². The van der Waals surface area contributed by atoms with E-state index in [9.17, 15) is 0 Å². The van der Waals surface area contributed by atoms with E-state index in [2.05, 4.69) is 22.5 Å². The molecular formula is C16H21N3O. The highest BCUT2D eigenvalue weighted by molar-refractivity contribution is 5.63. The van der Waals surface area contributed by atoms with E-state index in [1.807, 2.05) is 50.4 Å². The number of hydrogen-bond acceptors (Lipinski definition) is 4. The second-order valence-corrected chi connectivity index (χ2v) is 4.81. The van der Waals surface area contributed by atoms with E-state index in [0.717, 1.165) is 29.4 Å². The molecule has 0 aliphatic carbocycles. The molecule has 0 bridgehead atoms. The van der Waals surface area contributed by atoms with Crippen LogP contribution in [0.3, 0.4) is 0 Å². The Labute approximate surface area is 120 Å². The van der Waals surface area contributed by atoms with Crippen LogP contribution in [0.2, 0.25) is 0 Å². The molecule has 1 aromatic heterocycles. The fourth-order valence-electron chi connectivity index (χ4n) is 1.86. The summed E-state index contributed by atoms with van der Waals surface area (Å²) in [6.45, 7) is 6.98. The van der Waals surface area contributed by atoms with Crippen LogP contribution in [0.25, 0.3) is 0 Å². The number of benzene rings is 1. The van der Waals surface area contributed by atoms with Crippen molar-refractivity contribution in [2.75, 3.05) is 17.2 Å². The van der Waals surface area contributed by atoms with Crippen molar-refractivity contribution in [2.45, 2.75) is 26.9 Å². The smallest absolute Gasteiger partial charge is 0.119 e. The van der Waals surface area contributed by atoms with Crippen molar-refractivity contribution in [3.63, 3.8) is 0 Å². The second kappa shape index (κ2) is 6.80. The molecule has 0 amide bonds. The molecule has 2 rings (SSSR count). The van der Waals surface area contributed by atoms with E-state index in [1.165, 1.54) is 0 Å². The highest BCUT2D eigenvalue weighted by atomic mass is 16.5. The molecule has 0 aliphatic heterocycles. The summed E-state index contributed by atoms with van der Waals surface area (Å²) in [7, 11) is 0. The Bertz CT molecular complexity index is 538. The van der Waals surface area contributed by atoms with Crippen molar-refractivity contribution < 1.29 is 4.74 Å². The lowest BCUT2D eigenvalue weighted by Gasteiger charge is -2.11. The van der Waals surface area contributed by atoms with Crippen LogP contribution in [0.4, 0.5) is 17.1 Å². The molecule has 0 fully saturated rings. The molecule has 1 aromatic carbocycles. The van der Waals surface area contributed by atoms with Gasteiger partial charge in [0.25, 0.3) is 0 Å². The van der Waals surface area contributed by atoms with Gasteiger partial charge in [-0.05, 0) is 51.1 Å². The van der Waals surface area contributed by atoms with Gasteiger partial charge >= 0.3 is 0 Å². The first kappa shape index (κ1) is 14.2. The molecule has 2 aromatic rings. The molecule has 0 spiro atoms. The predicted molar refractivity (Wildman–Crippen MR) is 83.9 cm³/mol. The van der Waals surface area contributed by atoms with E-state index in [4.69, 9.17) is 4.74 Å². The molecule has 20 heavy (non-hydrogen) atoms. The number of ether oxygens (including phenoxy) is 1.